The third-order valence-electron chi connectivity index (χ3n) is 2.18. The Bertz CT molecular complexity index is 378. The van der Waals surface area contributed by atoms with Crippen molar-refractivity contribution in [1.82, 2.24) is 5.48 Å². The maximum Gasteiger partial charge on any atom is 0.327 e. The molecule has 0 aliphatic heterocycles. The van der Waals surface area contributed by atoms with Crippen molar-refractivity contribution in [2.75, 3.05) is 0 Å². The van der Waals surface area contributed by atoms with E-state index < -0.39 is 12.0 Å². The van der Waals surface area contributed by atoms with Gasteiger partial charge in [-0.3, -0.25) is 9.59 Å². The summed E-state index contributed by atoms with van der Waals surface area (Å²) in [6.07, 6.45) is 0.175. The maximum atomic E-state index is 11.8. The van der Waals surface area contributed by atoms with Crippen LogP contribution in [0.25, 0.3) is 0 Å². The number of carbonyl (C=O) groups excluding carboxylic acids is 2. The monoisotopic (exact) mass is 251 g/mol. The van der Waals surface area contributed by atoms with Gasteiger partial charge in [0.15, 0.2) is 0 Å². The summed E-state index contributed by atoms with van der Waals surface area (Å²) in [5, 5.41) is 0. The predicted molar refractivity (Wildman–Crippen MR) is 65.4 cm³/mol. The molecule has 0 aliphatic carbocycles. The molecule has 18 heavy (non-hydrogen) atoms. The number of hydroxylamine groups is 1. The van der Waals surface area contributed by atoms with Gasteiger partial charge < -0.3 is 9.57 Å². The lowest BCUT2D eigenvalue weighted by Crippen LogP contribution is -2.40. The lowest BCUT2D eigenvalue weighted by Gasteiger charge is -2.17. The molecule has 1 N–H and O–H groups in total. The van der Waals surface area contributed by atoms with Crippen LogP contribution in [0, 0.1) is 0 Å². The van der Waals surface area contributed by atoms with Crippen LogP contribution in [0.2, 0.25) is 0 Å². The van der Waals surface area contributed by atoms with E-state index in [2.05, 4.69) is 10.3 Å². The van der Waals surface area contributed by atoms with Crippen LogP contribution < -0.4 is 5.48 Å². The molecular weight excluding hydrogens is 234 g/mol. The van der Waals surface area contributed by atoms with E-state index in [-0.39, 0.29) is 12.6 Å². The number of hydrogen-bond acceptors (Lipinski definition) is 5. The minimum Gasteiger partial charge on any atom is -0.462 e. The lowest BCUT2D eigenvalue weighted by molar-refractivity contribution is -0.156. The number of benzene rings is 1. The van der Waals surface area contributed by atoms with Gasteiger partial charge in [-0.05, 0) is 19.4 Å². The van der Waals surface area contributed by atoms with Crippen LogP contribution in [0.3, 0.4) is 0 Å². The summed E-state index contributed by atoms with van der Waals surface area (Å²) in [7, 11) is 0. The van der Waals surface area contributed by atoms with Crippen LogP contribution in [0.1, 0.15) is 19.4 Å². The van der Waals surface area contributed by atoms with Crippen LogP contribution in [-0.2, 0) is 25.6 Å². The first kappa shape index (κ1) is 14.2. The van der Waals surface area contributed by atoms with Gasteiger partial charge in [0, 0.05) is 6.42 Å². The van der Waals surface area contributed by atoms with Gasteiger partial charge >= 0.3 is 12.4 Å². The van der Waals surface area contributed by atoms with Crippen LogP contribution in [-0.4, -0.2) is 24.6 Å². The van der Waals surface area contributed by atoms with Gasteiger partial charge in [0.1, 0.15) is 6.04 Å². The first-order chi connectivity index (χ1) is 8.63. The minimum atomic E-state index is -0.708. The molecule has 0 unspecified atom stereocenters. The van der Waals surface area contributed by atoms with Gasteiger partial charge in [0.2, 0.25) is 0 Å². The zero-order valence-electron chi connectivity index (χ0n) is 10.5. The molecule has 1 aromatic rings. The van der Waals surface area contributed by atoms with Crippen LogP contribution >= 0.6 is 0 Å². The topological polar surface area (TPSA) is 64.6 Å². The fourth-order valence-electron chi connectivity index (χ4n) is 1.45. The molecule has 0 heterocycles. The standard InChI is InChI=1S/C13H17NO4/c1-10(2)18-13(16)12(14-17-9-15)8-11-6-4-3-5-7-11/h3-7,9-10,12,14H,8H2,1-2H3/t12-/m0/s1. The van der Waals surface area contributed by atoms with E-state index in [0.717, 1.165) is 5.56 Å². The summed E-state index contributed by atoms with van der Waals surface area (Å²) in [6, 6.07) is 8.71. The molecule has 1 rings (SSSR count). The summed E-state index contributed by atoms with van der Waals surface area (Å²) in [5.74, 6) is -0.448. The van der Waals surface area contributed by atoms with E-state index in [1.54, 1.807) is 13.8 Å². The Morgan fingerprint density at radius 3 is 2.56 bits per heavy atom. The van der Waals surface area contributed by atoms with Crippen LogP contribution in [0.15, 0.2) is 30.3 Å². The summed E-state index contributed by atoms with van der Waals surface area (Å²) in [6.45, 7) is 3.76. The first-order valence-corrected chi connectivity index (χ1v) is 5.72. The number of esters is 1. The number of rotatable bonds is 7. The van der Waals surface area contributed by atoms with E-state index >= 15 is 0 Å². The van der Waals surface area contributed by atoms with E-state index in [4.69, 9.17) is 4.74 Å². The molecular formula is C13H17NO4. The Kier molecular flexibility index (Phi) is 5.87. The Hall–Kier alpha value is -1.88. The average molecular weight is 251 g/mol. The molecule has 0 saturated carbocycles. The molecule has 1 atom stereocenters. The molecule has 0 spiro atoms. The molecule has 0 aliphatic rings. The number of ether oxygens (including phenoxy) is 1. The van der Waals surface area contributed by atoms with Gasteiger partial charge in [0.05, 0.1) is 6.10 Å². The number of hydrogen-bond donors (Lipinski definition) is 1. The van der Waals surface area contributed by atoms with Gasteiger partial charge in [-0.25, -0.2) is 0 Å². The Morgan fingerprint density at radius 2 is 2.00 bits per heavy atom. The molecule has 0 saturated heterocycles. The summed E-state index contributed by atoms with van der Waals surface area (Å²) >= 11 is 0. The van der Waals surface area contributed by atoms with E-state index in [9.17, 15) is 9.59 Å². The zero-order chi connectivity index (χ0) is 13.4. The van der Waals surface area contributed by atoms with Gasteiger partial charge in [0.25, 0.3) is 0 Å². The molecule has 0 bridgehead atoms. The lowest BCUT2D eigenvalue weighted by atomic mass is 10.1. The highest BCUT2D eigenvalue weighted by Crippen LogP contribution is 2.05. The second-order valence-corrected chi connectivity index (χ2v) is 4.06. The van der Waals surface area contributed by atoms with Crippen LogP contribution in [0.4, 0.5) is 0 Å². The molecule has 0 radical (unpaired) electrons. The second kappa shape index (κ2) is 7.45. The zero-order valence-corrected chi connectivity index (χ0v) is 10.5. The van der Waals surface area contributed by atoms with Crippen molar-refractivity contribution >= 4 is 12.4 Å². The van der Waals surface area contributed by atoms with Crippen molar-refractivity contribution < 1.29 is 19.2 Å². The highest BCUT2D eigenvalue weighted by molar-refractivity contribution is 5.76. The van der Waals surface area contributed by atoms with Crippen molar-refractivity contribution in [3.05, 3.63) is 35.9 Å². The smallest absolute Gasteiger partial charge is 0.327 e. The highest BCUT2D eigenvalue weighted by atomic mass is 16.7. The second-order valence-electron chi connectivity index (χ2n) is 4.06. The van der Waals surface area contributed by atoms with Crippen molar-refractivity contribution in [3.8, 4) is 0 Å². The average Bonchev–Trinajstić information content (AvgIpc) is 2.34. The number of nitrogens with one attached hydrogen (secondary N) is 1. The van der Waals surface area contributed by atoms with Crippen molar-refractivity contribution in [2.24, 2.45) is 0 Å². The normalized spacial score (nSPS) is 11.9. The van der Waals surface area contributed by atoms with Gasteiger partial charge in [-0.2, -0.15) is 0 Å². The predicted octanol–water partition coefficient (Wildman–Crippen LogP) is 1.23. The van der Waals surface area contributed by atoms with Gasteiger partial charge in [-0.15, -0.1) is 5.48 Å². The molecule has 5 heteroatoms. The third kappa shape index (κ3) is 4.97. The minimum absolute atomic E-state index is 0.214. The molecule has 0 fully saturated rings. The van der Waals surface area contributed by atoms with Crippen molar-refractivity contribution in [3.63, 3.8) is 0 Å². The largest absolute Gasteiger partial charge is 0.462 e. The van der Waals surface area contributed by atoms with Crippen molar-refractivity contribution in [1.29, 1.82) is 0 Å². The van der Waals surface area contributed by atoms with Crippen LogP contribution in [0.5, 0.6) is 0 Å². The van der Waals surface area contributed by atoms with Gasteiger partial charge in [-0.1, -0.05) is 30.3 Å². The van der Waals surface area contributed by atoms with E-state index in [1.165, 1.54) is 0 Å². The maximum absolute atomic E-state index is 11.8. The Balaban J connectivity index is 2.65. The highest BCUT2D eigenvalue weighted by Gasteiger charge is 2.22. The molecule has 98 valence electrons. The van der Waals surface area contributed by atoms with Crippen molar-refractivity contribution in [2.45, 2.75) is 32.4 Å². The number of carbonyl (C=O) groups is 2. The summed E-state index contributed by atoms with van der Waals surface area (Å²) < 4.78 is 5.08. The Morgan fingerprint density at radius 1 is 1.33 bits per heavy atom. The third-order valence-corrected chi connectivity index (χ3v) is 2.18. The fourth-order valence-corrected chi connectivity index (χ4v) is 1.45. The summed E-state index contributed by atoms with van der Waals surface area (Å²) in [5.41, 5.74) is 3.33. The molecule has 0 amide bonds. The van der Waals surface area contributed by atoms with E-state index in [1.807, 2.05) is 30.3 Å². The SMILES string of the molecule is CC(C)OC(=O)[C@H](Cc1ccccc1)NOC=O. The quantitative estimate of drug-likeness (QED) is 0.448. The molecule has 0 aromatic heterocycles. The Labute approximate surface area is 106 Å². The summed E-state index contributed by atoms with van der Waals surface area (Å²) in [4.78, 5) is 26.4. The first-order valence-electron chi connectivity index (χ1n) is 5.72. The van der Waals surface area contributed by atoms with E-state index in [0.29, 0.717) is 6.42 Å². The molecule has 5 nitrogen and oxygen atoms in total. The molecule has 1 aromatic carbocycles. The fraction of sp³-hybridized carbons (Fsp3) is 0.385.